The fourth-order valence-electron chi connectivity index (χ4n) is 1.78. The van der Waals surface area contributed by atoms with Gasteiger partial charge < -0.3 is 5.32 Å². The van der Waals surface area contributed by atoms with E-state index in [0.29, 0.717) is 6.04 Å². The highest BCUT2D eigenvalue weighted by Gasteiger charge is 2.20. The van der Waals surface area contributed by atoms with Crippen LogP contribution >= 0.6 is 0 Å². The van der Waals surface area contributed by atoms with Crippen LogP contribution in [0, 0.1) is 0 Å². The Morgan fingerprint density at radius 1 is 1.24 bits per heavy atom. The second-order valence-electron chi connectivity index (χ2n) is 4.50. The SMILES string of the molecule is c1ccc(Cn2cnc(CNC3CC3)n2)cc1. The first kappa shape index (κ1) is 10.5. The van der Waals surface area contributed by atoms with E-state index in [0.717, 1.165) is 18.9 Å². The van der Waals surface area contributed by atoms with Gasteiger partial charge >= 0.3 is 0 Å². The zero-order valence-electron chi connectivity index (χ0n) is 9.71. The van der Waals surface area contributed by atoms with Crippen LogP contribution in [0.4, 0.5) is 0 Å². The van der Waals surface area contributed by atoms with E-state index in [1.54, 1.807) is 6.33 Å². The Balaban J connectivity index is 1.59. The molecule has 1 fully saturated rings. The summed E-state index contributed by atoms with van der Waals surface area (Å²) in [5, 5.41) is 7.86. The molecule has 0 bridgehead atoms. The lowest BCUT2D eigenvalue weighted by Crippen LogP contribution is -2.16. The molecule has 1 aliphatic carbocycles. The van der Waals surface area contributed by atoms with Crippen LogP contribution in [0.15, 0.2) is 36.7 Å². The van der Waals surface area contributed by atoms with Gasteiger partial charge in [-0.2, -0.15) is 5.10 Å². The number of nitrogens with one attached hydrogen (secondary N) is 1. The Labute approximate surface area is 101 Å². The molecule has 0 amide bonds. The monoisotopic (exact) mass is 228 g/mol. The van der Waals surface area contributed by atoms with Gasteiger partial charge in [-0.15, -0.1) is 0 Å². The lowest BCUT2D eigenvalue weighted by Gasteiger charge is -2.00. The van der Waals surface area contributed by atoms with Gasteiger partial charge in [-0.3, -0.25) is 0 Å². The number of hydrogen-bond acceptors (Lipinski definition) is 3. The van der Waals surface area contributed by atoms with E-state index < -0.39 is 0 Å². The largest absolute Gasteiger partial charge is 0.307 e. The molecule has 0 radical (unpaired) electrons. The molecule has 4 heteroatoms. The van der Waals surface area contributed by atoms with Gasteiger partial charge in [0.05, 0.1) is 13.1 Å². The van der Waals surface area contributed by atoms with Gasteiger partial charge in [0.15, 0.2) is 5.82 Å². The van der Waals surface area contributed by atoms with Crippen LogP contribution in [-0.2, 0) is 13.1 Å². The minimum atomic E-state index is 0.705. The Kier molecular flexibility index (Phi) is 2.88. The second-order valence-corrected chi connectivity index (χ2v) is 4.50. The Hall–Kier alpha value is -1.68. The fraction of sp³-hybridized carbons (Fsp3) is 0.385. The fourth-order valence-corrected chi connectivity index (χ4v) is 1.78. The quantitative estimate of drug-likeness (QED) is 0.845. The molecular weight excluding hydrogens is 212 g/mol. The van der Waals surface area contributed by atoms with Crippen molar-refractivity contribution in [2.45, 2.75) is 32.0 Å². The van der Waals surface area contributed by atoms with Gasteiger partial charge in [0, 0.05) is 6.04 Å². The normalized spacial score (nSPS) is 15.1. The zero-order valence-corrected chi connectivity index (χ0v) is 9.71. The summed E-state index contributed by atoms with van der Waals surface area (Å²) in [6, 6.07) is 11.0. The molecule has 88 valence electrons. The Morgan fingerprint density at radius 2 is 2.06 bits per heavy atom. The molecule has 1 N–H and O–H groups in total. The summed E-state index contributed by atoms with van der Waals surface area (Å²) >= 11 is 0. The first-order valence-electron chi connectivity index (χ1n) is 6.06. The maximum Gasteiger partial charge on any atom is 0.164 e. The molecule has 0 atom stereocenters. The van der Waals surface area contributed by atoms with Crippen molar-refractivity contribution in [1.82, 2.24) is 20.1 Å². The summed E-state index contributed by atoms with van der Waals surface area (Å²) in [4.78, 5) is 4.30. The second kappa shape index (κ2) is 4.67. The molecule has 1 aromatic carbocycles. The standard InChI is InChI=1S/C13H16N4/c1-2-4-11(5-3-1)9-17-10-15-13(16-17)8-14-12-6-7-12/h1-5,10,12,14H,6-9H2. The molecule has 1 aliphatic rings. The first-order chi connectivity index (χ1) is 8.40. The van der Waals surface area contributed by atoms with Gasteiger partial charge in [0.25, 0.3) is 0 Å². The first-order valence-corrected chi connectivity index (χ1v) is 6.06. The number of benzene rings is 1. The van der Waals surface area contributed by atoms with Crippen LogP contribution in [0.1, 0.15) is 24.2 Å². The van der Waals surface area contributed by atoms with Crippen molar-refractivity contribution in [3.63, 3.8) is 0 Å². The van der Waals surface area contributed by atoms with Crippen LogP contribution in [0.2, 0.25) is 0 Å². The minimum absolute atomic E-state index is 0.705. The van der Waals surface area contributed by atoms with E-state index >= 15 is 0 Å². The molecule has 3 rings (SSSR count). The maximum absolute atomic E-state index is 4.45. The zero-order chi connectivity index (χ0) is 11.5. The maximum atomic E-state index is 4.45. The predicted octanol–water partition coefficient (Wildman–Crippen LogP) is 1.58. The lowest BCUT2D eigenvalue weighted by atomic mass is 10.2. The molecule has 1 heterocycles. The summed E-state index contributed by atoms with van der Waals surface area (Å²) in [5.41, 5.74) is 1.25. The van der Waals surface area contributed by atoms with E-state index in [9.17, 15) is 0 Å². The third-order valence-electron chi connectivity index (χ3n) is 2.90. The van der Waals surface area contributed by atoms with Crippen molar-refractivity contribution < 1.29 is 0 Å². The smallest absolute Gasteiger partial charge is 0.164 e. The van der Waals surface area contributed by atoms with Crippen LogP contribution < -0.4 is 5.32 Å². The predicted molar refractivity (Wildman–Crippen MR) is 65.4 cm³/mol. The molecule has 0 saturated heterocycles. The third kappa shape index (κ3) is 2.91. The molecule has 1 saturated carbocycles. The summed E-state index contributed by atoms with van der Waals surface area (Å²) in [6.45, 7) is 1.57. The minimum Gasteiger partial charge on any atom is -0.307 e. The number of nitrogens with zero attached hydrogens (tertiary/aromatic N) is 3. The van der Waals surface area contributed by atoms with Crippen LogP contribution in [-0.4, -0.2) is 20.8 Å². The summed E-state index contributed by atoms with van der Waals surface area (Å²) in [5.74, 6) is 0.882. The van der Waals surface area contributed by atoms with E-state index in [2.05, 4.69) is 27.5 Å². The molecule has 1 aromatic heterocycles. The van der Waals surface area contributed by atoms with E-state index in [-0.39, 0.29) is 0 Å². The highest BCUT2D eigenvalue weighted by atomic mass is 15.3. The number of aromatic nitrogens is 3. The van der Waals surface area contributed by atoms with Crippen LogP contribution in [0.5, 0.6) is 0 Å². The number of hydrogen-bond donors (Lipinski definition) is 1. The van der Waals surface area contributed by atoms with Gasteiger partial charge in [-0.05, 0) is 18.4 Å². The van der Waals surface area contributed by atoms with E-state index in [1.165, 1.54) is 18.4 Å². The molecule has 0 spiro atoms. The Bertz CT molecular complexity index is 473. The van der Waals surface area contributed by atoms with Crippen molar-refractivity contribution in [2.75, 3.05) is 0 Å². The summed E-state index contributed by atoms with van der Waals surface area (Å²) in [7, 11) is 0. The van der Waals surface area contributed by atoms with Gasteiger partial charge in [0.2, 0.25) is 0 Å². The van der Waals surface area contributed by atoms with Crippen molar-refractivity contribution in [2.24, 2.45) is 0 Å². The van der Waals surface area contributed by atoms with Gasteiger partial charge in [-0.25, -0.2) is 9.67 Å². The van der Waals surface area contributed by atoms with Crippen molar-refractivity contribution >= 4 is 0 Å². The molecule has 2 aromatic rings. The lowest BCUT2D eigenvalue weighted by molar-refractivity contribution is 0.628. The molecular formula is C13H16N4. The van der Waals surface area contributed by atoms with E-state index in [4.69, 9.17) is 0 Å². The average Bonchev–Trinajstić information content (AvgIpc) is 3.09. The van der Waals surface area contributed by atoms with Gasteiger partial charge in [-0.1, -0.05) is 30.3 Å². The topological polar surface area (TPSA) is 42.7 Å². The summed E-state index contributed by atoms with van der Waals surface area (Å²) in [6.07, 6.45) is 4.40. The van der Waals surface area contributed by atoms with Crippen molar-refractivity contribution in [1.29, 1.82) is 0 Å². The van der Waals surface area contributed by atoms with Crippen LogP contribution in [0.3, 0.4) is 0 Å². The summed E-state index contributed by atoms with van der Waals surface area (Å²) < 4.78 is 1.89. The number of rotatable bonds is 5. The Morgan fingerprint density at radius 3 is 2.82 bits per heavy atom. The highest BCUT2D eigenvalue weighted by molar-refractivity contribution is 5.14. The third-order valence-corrected chi connectivity index (χ3v) is 2.90. The van der Waals surface area contributed by atoms with E-state index in [1.807, 2.05) is 22.9 Å². The molecule has 17 heavy (non-hydrogen) atoms. The van der Waals surface area contributed by atoms with Gasteiger partial charge in [0.1, 0.15) is 6.33 Å². The van der Waals surface area contributed by atoms with Crippen molar-refractivity contribution in [3.8, 4) is 0 Å². The molecule has 0 unspecified atom stereocenters. The average molecular weight is 228 g/mol. The molecule has 4 nitrogen and oxygen atoms in total. The van der Waals surface area contributed by atoms with Crippen LogP contribution in [0.25, 0.3) is 0 Å². The highest BCUT2D eigenvalue weighted by Crippen LogP contribution is 2.18. The molecule has 0 aliphatic heterocycles. The van der Waals surface area contributed by atoms with Crippen molar-refractivity contribution in [3.05, 3.63) is 48.0 Å².